The topological polar surface area (TPSA) is 111 Å². The fraction of sp³-hybridized carbons (Fsp3) is 0.0870. The lowest BCUT2D eigenvalue weighted by atomic mass is 10.0. The van der Waals surface area contributed by atoms with E-state index in [1.807, 2.05) is 36.4 Å². The van der Waals surface area contributed by atoms with Crippen molar-refractivity contribution in [3.05, 3.63) is 84.8 Å². The van der Waals surface area contributed by atoms with Crippen molar-refractivity contribution in [3.8, 4) is 16.9 Å². The van der Waals surface area contributed by atoms with Crippen LogP contribution in [-0.4, -0.2) is 43.0 Å². The summed E-state index contributed by atoms with van der Waals surface area (Å²) < 4.78 is 7.00. The molecule has 0 aliphatic rings. The molecule has 9 nitrogen and oxygen atoms in total. The number of hydrogen-bond acceptors (Lipinski definition) is 6. The van der Waals surface area contributed by atoms with Gasteiger partial charge in [-0.05, 0) is 41.5 Å². The number of H-pyrrole nitrogens is 1. The van der Waals surface area contributed by atoms with Crippen LogP contribution < -0.4 is 10.1 Å². The van der Waals surface area contributed by atoms with Crippen molar-refractivity contribution in [3.63, 3.8) is 0 Å². The average molecular weight is 425 g/mol. The van der Waals surface area contributed by atoms with Gasteiger partial charge in [-0.25, -0.2) is 0 Å². The number of ether oxygens (including phenoxy) is 1. The van der Waals surface area contributed by atoms with Crippen LogP contribution in [0.1, 0.15) is 16.1 Å². The second-order valence-electron chi connectivity index (χ2n) is 7.18. The third-order valence-corrected chi connectivity index (χ3v) is 5.05. The summed E-state index contributed by atoms with van der Waals surface area (Å²) in [5, 5.41) is 15.1. The van der Waals surface area contributed by atoms with E-state index in [0.29, 0.717) is 23.7 Å². The highest BCUT2D eigenvalue weighted by atomic mass is 16.5. The molecule has 0 radical (unpaired) electrons. The number of pyridine rings is 2. The van der Waals surface area contributed by atoms with Crippen molar-refractivity contribution in [2.75, 3.05) is 12.4 Å². The summed E-state index contributed by atoms with van der Waals surface area (Å²) in [5.41, 5.74) is 4.59. The van der Waals surface area contributed by atoms with E-state index in [1.54, 1.807) is 49.0 Å². The Labute approximate surface area is 183 Å². The first-order valence-electron chi connectivity index (χ1n) is 9.90. The summed E-state index contributed by atoms with van der Waals surface area (Å²) in [6.07, 6.45) is 10.3. The summed E-state index contributed by atoms with van der Waals surface area (Å²) in [6, 6.07) is 11.5. The van der Waals surface area contributed by atoms with E-state index in [2.05, 4.69) is 30.6 Å². The van der Waals surface area contributed by atoms with Crippen LogP contribution in [0.3, 0.4) is 0 Å². The molecule has 0 bridgehead atoms. The normalized spacial score (nSPS) is 10.9. The molecular weight excluding hydrogens is 406 g/mol. The van der Waals surface area contributed by atoms with E-state index in [9.17, 15) is 4.79 Å². The Kier molecular flexibility index (Phi) is 5.04. The molecule has 0 spiro atoms. The number of nitrogens with one attached hydrogen (secondary N) is 2. The molecular formula is C23H19N7O2. The predicted octanol–water partition coefficient (Wildman–Crippen LogP) is 3.53. The Balaban J connectivity index is 1.34. The number of nitrogens with zero attached hydrogens (tertiary/aromatic N) is 5. The first-order chi connectivity index (χ1) is 15.7. The maximum atomic E-state index is 12.8. The van der Waals surface area contributed by atoms with E-state index < -0.39 is 0 Å². The average Bonchev–Trinajstić information content (AvgIpc) is 3.46. The van der Waals surface area contributed by atoms with E-state index >= 15 is 0 Å². The van der Waals surface area contributed by atoms with E-state index in [1.165, 1.54) is 0 Å². The second kappa shape index (κ2) is 8.31. The molecule has 9 heteroatoms. The number of carbonyl (C=O) groups excluding carboxylic acids is 1. The monoisotopic (exact) mass is 425 g/mol. The molecule has 0 aliphatic heterocycles. The predicted molar refractivity (Wildman–Crippen MR) is 119 cm³/mol. The van der Waals surface area contributed by atoms with Crippen LogP contribution in [0.15, 0.2) is 73.6 Å². The number of methoxy groups -OCH3 is 1. The summed E-state index contributed by atoms with van der Waals surface area (Å²) in [6.45, 7) is 0.589. The molecule has 0 unspecified atom stereocenters. The van der Waals surface area contributed by atoms with Crippen LogP contribution in [0.5, 0.6) is 5.75 Å². The lowest BCUT2D eigenvalue weighted by molar-refractivity contribution is 0.102. The second-order valence-corrected chi connectivity index (χ2v) is 7.18. The molecule has 1 aromatic carbocycles. The van der Waals surface area contributed by atoms with Crippen LogP contribution in [0.4, 0.5) is 5.69 Å². The molecule has 158 valence electrons. The van der Waals surface area contributed by atoms with Gasteiger partial charge < -0.3 is 10.1 Å². The van der Waals surface area contributed by atoms with Crippen LogP contribution in [0, 0.1) is 0 Å². The number of anilines is 1. The van der Waals surface area contributed by atoms with Gasteiger partial charge in [0.15, 0.2) is 5.69 Å². The molecule has 2 N–H and O–H groups in total. The van der Waals surface area contributed by atoms with E-state index in [4.69, 9.17) is 4.74 Å². The van der Waals surface area contributed by atoms with Gasteiger partial charge in [0.05, 0.1) is 37.3 Å². The molecule has 0 fully saturated rings. The van der Waals surface area contributed by atoms with Gasteiger partial charge in [0.1, 0.15) is 5.75 Å². The fourth-order valence-corrected chi connectivity index (χ4v) is 3.44. The Hall–Kier alpha value is -4.53. The first kappa shape index (κ1) is 19.4. The van der Waals surface area contributed by atoms with Crippen LogP contribution in [-0.2, 0) is 6.54 Å². The van der Waals surface area contributed by atoms with Gasteiger partial charge in [0.25, 0.3) is 5.91 Å². The number of amides is 1. The van der Waals surface area contributed by atoms with Crippen molar-refractivity contribution in [2.24, 2.45) is 0 Å². The fourth-order valence-electron chi connectivity index (χ4n) is 3.44. The van der Waals surface area contributed by atoms with Crippen molar-refractivity contribution in [2.45, 2.75) is 6.54 Å². The molecule has 0 saturated heterocycles. The molecule has 5 rings (SSSR count). The van der Waals surface area contributed by atoms with Crippen molar-refractivity contribution >= 4 is 22.5 Å². The van der Waals surface area contributed by atoms with Crippen molar-refractivity contribution in [1.29, 1.82) is 0 Å². The van der Waals surface area contributed by atoms with E-state index in [-0.39, 0.29) is 5.91 Å². The molecule has 4 heterocycles. The van der Waals surface area contributed by atoms with Crippen LogP contribution >= 0.6 is 0 Å². The number of carbonyl (C=O) groups is 1. The summed E-state index contributed by atoms with van der Waals surface area (Å²) in [4.78, 5) is 21.0. The molecule has 0 saturated carbocycles. The summed E-state index contributed by atoms with van der Waals surface area (Å²) in [5.74, 6) is 0.368. The maximum absolute atomic E-state index is 12.8. The molecule has 0 aliphatic carbocycles. The van der Waals surface area contributed by atoms with Crippen LogP contribution in [0.2, 0.25) is 0 Å². The number of benzene rings is 1. The highest BCUT2D eigenvalue weighted by Gasteiger charge is 2.16. The quantitative estimate of drug-likeness (QED) is 0.431. The number of aromatic amines is 1. The summed E-state index contributed by atoms with van der Waals surface area (Å²) >= 11 is 0. The highest BCUT2D eigenvalue weighted by Crippen LogP contribution is 2.27. The SMILES string of the molecule is COc1cncc(-c2ccc3c(C(=O)Nc4cnn(Cc5ccncc5)c4)n[nH]c3c2)c1. The first-order valence-corrected chi connectivity index (χ1v) is 9.90. The maximum Gasteiger partial charge on any atom is 0.276 e. The highest BCUT2D eigenvalue weighted by molar-refractivity contribution is 6.11. The summed E-state index contributed by atoms with van der Waals surface area (Å²) in [7, 11) is 1.60. The number of hydrogen-bond donors (Lipinski definition) is 2. The van der Waals surface area contributed by atoms with Crippen LogP contribution in [0.25, 0.3) is 22.0 Å². The zero-order valence-electron chi connectivity index (χ0n) is 17.2. The third-order valence-electron chi connectivity index (χ3n) is 5.05. The largest absolute Gasteiger partial charge is 0.495 e. The Morgan fingerprint density at radius 2 is 1.94 bits per heavy atom. The third kappa shape index (κ3) is 3.91. The molecule has 32 heavy (non-hydrogen) atoms. The van der Waals surface area contributed by atoms with Gasteiger partial charge in [-0.1, -0.05) is 6.07 Å². The van der Waals surface area contributed by atoms with E-state index in [0.717, 1.165) is 27.6 Å². The minimum absolute atomic E-state index is 0.310. The Morgan fingerprint density at radius 3 is 2.78 bits per heavy atom. The van der Waals surface area contributed by atoms with Gasteiger partial charge in [-0.15, -0.1) is 0 Å². The smallest absolute Gasteiger partial charge is 0.276 e. The molecule has 1 amide bonds. The van der Waals surface area contributed by atoms with Gasteiger partial charge in [-0.2, -0.15) is 10.2 Å². The van der Waals surface area contributed by atoms with Crippen molar-refractivity contribution < 1.29 is 9.53 Å². The van der Waals surface area contributed by atoms with Gasteiger partial charge in [0.2, 0.25) is 0 Å². The van der Waals surface area contributed by atoms with Gasteiger partial charge in [-0.3, -0.25) is 24.5 Å². The number of aromatic nitrogens is 6. The van der Waals surface area contributed by atoms with Gasteiger partial charge in [0, 0.05) is 35.7 Å². The minimum Gasteiger partial charge on any atom is -0.495 e. The zero-order valence-corrected chi connectivity index (χ0v) is 17.2. The standard InChI is InChI=1S/C23H19N7O2/c1-32-19-8-17(10-25-12-19)16-2-3-20-21(9-16)28-29-22(20)23(31)27-18-11-26-30(14-18)13-15-4-6-24-7-5-15/h2-12,14H,13H2,1H3,(H,27,31)(H,28,29). The Bertz CT molecular complexity index is 1390. The minimum atomic E-state index is -0.310. The molecule has 4 aromatic heterocycles. The molecule has 0 atom stereocenters. The Morgan fingerprint density at radius 1 is 1.06 bits per heavy atom. The van der Waals surface area contributed by atoms with Crippen molar-refractivity contribution in [1.82, 2.24) is 29.9 Å². The lowest BCUT2D eigenvalue weighted by Crippen LogP contribution is -2.12. The number of fused-ring (bicyclic) bond motifs is 1. The zero-order chi connectivity index (χ0) is 21.9. The number of rotatable bonds is 6. The molecule has 5 aromatic rings. The lowest BCUT2D eigenvalue weighted by Gasteiger charge is -2.04. The van der Waals surface area contributed by atoms with Gasteiger partial charge >= 0.3 is 0 Å².